The average Bonchev–Trinajstić information content (AvgIpc) is 2.30. The highest BCUT2D eigenvalue weighted by Crippen LogP contribution is 2.27. The van der Waals surface area contributed by atoms with Crippen LogP contribution in [0.25, 0.3) is 11.3 Å². The summed E-state index contributed by atoms with van der Waals surface area (Å²) in [6.45, 7) is 3.04. The normalized spacial score (nSPS) is 10.5. The number of benzene rings is 1. The summed E-state index contributed by atoms with van der Waals surface area (Å²) >= 11 is 0. The van der Waals surface area contributed by atoms with Gasteiger partial charge in [0.1, 0.15) is 23.0 Å². The largest absolute Gasteiger partial charge is 0.478 e. The lowest BCUT2D eigenvalue weighted by Gasteiger charge is -2.10. The van der Waals surface area contributed by atoms with Crippen molar-refractivity contribution in [1.29, 1.82) is 0 Å². The number of hydrogen-bond donors (Lipinski definition) is 1. The van der Waals surface area contributed by atoms with Crippen LogP contribution in [-0.2, 0) is 0 Å². The van der Waals surface area contributed by atoms with E-state index in [1.165, 1.54) is 6.92 Å². The predicted octanol–water partition coefficient (Wildman–Crippen LogP) is 2.74. The second-order valence-electron chi connectivity index (χ2n) is 4.01. The zero-order valence-corrected chi connectivity index (χ0v) is 10.2. The van der Waals surface area contributed by atoms with Crippen LogP contribution in [0.1, 0.15) is 21.9 Å². The molecule has 0 aliphatic rings. The van der Waals surface area contributed by atoms with Gasteiger partial charge in [0.05, 0.1) is 11.4 Å². The van der Waals surface area contributed by atoms with Crippen LogP contribution >= 0.6 is 0 Å². The van der Waals surface area contributed by atoms with E-state index in [0.717, 1.165) is 18.2 Å². The molecule has 0 fully saturated rings. The molecule has 0 bridgehead atoms. The summed E-state index contributed by atoms with van der Waals surface area (Å²) in [6, 6.07) is 2.81. The van der Waals surface area contributed by atoms with Crippen LogP contribution in [0.15, 0.2) is 18.2 Å². The van der Waals surface area contributed by atoms with Gasteiger partial charge in [0, 0.05) is 5.56 Å². The van der Waals surface area contributed by atoms with Crippen molar-refractivity contribution in [2.75, 3.05) is 0 Å². The number of carboxylic acids is 1. The molecule has 0 unspecified atom stereocenters. The van der Waals surface area contributed by atoms with Crippen LogP contribution in [0.5, 0.6) is 0 Å². The van der Waals surface area contributed by atoms with Gasteiger partial charge in [-0.3, -0.25) is 0 Å². The van der Waals surface area contributed by atoms with E-state index in [-0.39, 0.29) is 22.5 Å². The number of rotatable bonds is 2. The summed E-state index contributed by atoms with van der Waals surface area (Å²) in [7, 11) is 0. The first-order valence-corrected chi connectivity index (χ1v) is 5.44. The molecule has 0 saturated heterocycles. The van der Waals surface area contributed by atoms with Crippen molar-refractivity contribution in [3.63, 3.8) is 0 Å². The Morgan fingerprint density at radius 3 is 2.53 bits per heavy atom. The van der Waals surface area contributed by atoms with Gasteiger partial charge >= 0.3 is 5.97 Å². The van der Waals surface area contributed by atoms with Crippen molar-refractivity contribution in [3.8, 4) is 11.3 Å². The second kappa shape index (κ2) is 4.72. The molecule has 0 aliphatic heterocycles. The van der Waals surface area contributed by atoms with Gasteiger partial charge < -0.3 is 5.11 Å². The van der Waals surface area contributed by atoms with Crippen LogP contribution in [0.3, 0.4) is 0 Å². The molecule has 4 nitrogen and oxygen atoms in total. The van der Waals surface area contributed by atoms with Crippen molar-refractivity contribution in [2.45, 2.75) is 13.8 Å². The predicted molar refractivity (Wildman–Crippen MR) is 63.8 cm³/mol. The number of aromatic carboxylic acids is 1. The fourth-order valence-electron chi connectivity index (χ4n) is 1.84. The molecule has 0 saturated carbocycles. The number of aryl methyl sites for hydroxylation is 2. The number of carbonyl (C=O) groups is 1. The highest BCUT2D eigenvalue weighted by molar-refractivity contribution is 5.95. The van der Waals surface area contributed by atoms with Gasteiger partial charge in [-0.15, -0.1) is 0 Å². The summed E-state index contributed by atoms with van der Waals surface area (Å²) in [6.07, 6.45) is 0. The zero-order chi connectivity index (χ0) is 14.2. The second-order valence-corrected chi connectivity index (χ2v) is 4.01. The fourth-order valence-corrected chi connectivity index (χ4v) is 1.84. The van der Waals surface area contributed by atoms with Crippen molar-refractivity contribution < 1.29 is 18.7 Å². The molecule has 0 spiro atoms. The van der Waals surface area contributed by atoms with Crippen molar-refractivity contribution in [1.82, 2.24) is 9.97 Å². The molecule has 1 aromatic carbocycles. The summed E-state index contributed by atoms with van der Waals surface area (Å²) in [5, 5.41) is 9.16. The Labute approximate surface area is 107 Å². The minimum atomic E-state index is -1.28. The van der Waals surface area contributed by atoms with Gasteiger partial charge in [-0.25, -0.2) is 23.5 Å². The van der Waals surface area contributed by atoms with E-state index in [2.05, 4.69) is 9.97 Å². The quantitative estimate of drug-likeness (QED) is 0.905. The molecule has 0 aliphatic carbocycles. The lowest BCUT2D eigenvalue weighted by molar-refractivity contribution is 0.0696. The third kappa shape index (κ3) is 2.42. The van der Waals surface area contributed by atoms with Crippen LogP contribution < -0.4 is 0 Å². The van der Waals surface area contributed by atoms with Gasteiger partial charge in [0.2, 0.25) is 0 Å². The Morgan fingerprint density at radius 1 is 1.21 bits per heavy atom. The molecule has 1 N–H and O–H groups in total. The maximum Gasteiger partial charge on any atom is 0.339 e. The molecule has 6 heteroatoms. The first-order chi connectivity index (χ1) is 8.90. The Kier molecular flexibility index (Phi) is 3.25. The molecule has 1 heterocycles. The van der Waals surface area contributed by atoms with Gasteiger partial charge in [-0.05, 0) is 32.0 Å². The fraction of sp³-hybridized carbons (Fsp3) is 0.154. The maximum absolute atomic E-state index is 13.7. The number of nitrogens with zero attached hydrogens (tertiary/aromatic N) is 2. The Hall–Kier alpha value is -2.37. The molecular weight excluding hydrogens is 254 g/mol. The molecule has 1 aromatic heterocycles. The van der Waals surface area contributed by atoms with Crippen LogP contribution in [0.4, 0.5) is 8.78 Å². The van der Waals surface area contributed by atoms with E-state index in [4.69, 9.17) is 5.11 Å². The van der Waals surface area contributed by atoms with Crippen LogP contribution in [0, 0.1) is 25.5 Å². The summed E-state index contributed by atoms with van der Waals surface area (Å²) in [4.78, 5) is 19.1. The zero-order valence-electron chi connectivity index (χ0n) is 10.2. The standard InChI is InChI=1S/C13H10F2N2O2/c1-6-11(13(18)19)12(17-7(2)16-6)9-5-8(14)3-4-10(9)15/h3-5H,1-2H3,(H,18,19). The Balaban J connectivity index is 2.81. The topological polar surface area (TPSA) is 63.1 Å². The van der Waals surface area contributed by atoms with Gasteiger partial charge in [-0.1, -0.05) is 0 Å². The van der Waals surface area contributed by atoms with Crippen molar-refractivity contribution >= 4 is 5.97 Å². The SMILES string of the molecule is Cc1nc(C)c(C(=O)O)c(-c2cc(F)ccc2F)n1. The van der Waals surface area contributed by atoms with Crippen LogP contribution in [-0.4, -0.2) is 21.0 Å². The minimum Gasteiger partial charge on any atom is -0.478 e. The first-order valence-electron chi connectivity index (χ1n) is 5.44. The number of carboxylic acid groups (broad SMARTS) is 1. The molecule has 2 aromatic rings. The Bertz CT molecular complexity index is 672. The summed E-state index contributed by atoms with van der Waals surface area (Å²) in [5.74, 6) is -2.39. The lowest BCUT2D eigenvalue weighted by Crippen LogP contribution is -2.09. The summed E-state index contributed by atoms with van der Waals surface area (Å²) < 4.78 is 27.0. The molecule has 0 amide bonds. The third-order valence-corrected chi connectivity index (χ3v) is 2.60. The van der Waals surface area contributed by atoms with E-state index >= 15 is 0 Å². The Morgan fingerprint density at radius 2 is 1.89 bits per heavy atom. The monoisotopic (exact) mass is 264 g/mol. The maximum atomic E-state index is 13.7. The van der Waals surface area contributed by atoms with E-state index < -0.39 is 17.6 Å². The van der Waals surface area contributed by atoms with Crippen molar-refractivity contribution in [3.05, 3.63) is 46.9 Å². The molecular formula is C13H10F2N2O2. The van der Waals surface area contributed by atoms with E-state index in [1.54, 1.807) is 6.92 Å². The molecule has 98 valence electrons. The van der Waals surface area contributed by atoms with Gasteiger partial charge in [-0.2, -0.15) is 0 Å². The number of hydrogen-bond acceptors (Lipinski definition) is 3. The van der Waals surface area contributed by atoms with Crippen molar-refractivity contribution in [2.24, 2.45) is 0 Å². The summed E-state index contributed by atoms with van der Waals surface area (Å²) in [5.41, 5.74) is -0.325. The smallest absolute Gasteiger partial charge is 0.339 e. The lowest BCUT2D eigenvalue weighted by atomic mass is 10.0. The number of aromatic nitrogens is 2. The minimum absolute atomic E-state index is 0.116. The van der Waals surface area contributed by atoms with Gasteiger partial charge in [0.25, 0.3) is 0 Å². The third-order valence-electron chi connectivity index (χ3n) is 2.60. The molecule has 0 radical (unpaired) electrons. The van der Waals surface area contributed by atoms with E-state index in [0.29, 0.717) is 5.82 Å². The van der Waals surface area contributed by atoms with E-state index in [1.807, 2.05) is 0 Å². The van der Waals surface area contributed by atoms with E-state index in [9.17, 15) is 13.6 Å². The highest BCUT2D eigenvalue weighted by atomic mass is 19.1. The molecule has 19 heavy (non-hydrogen) atoms. The van der Waals surface area contributed by atoms with Crippen LogP contribution in [0.2, 0.25) is 0 Å². The van der Waals surface area contributed by atoms with Gasteiger partial charge in [0.15, 0.2) is 0 Å². The number of halogens is 2. The molecule has 2 rings (SSSR count). The highest BCUT2D eigenvalue weighted by Gasteiger charge is 2.21. The first kappa shape index (κ1) is 13.1. The average molecular weight is 264 g/mol. The molecule has 0 atom stereocenters.